The predicted octanol–water partition coefficient (Wildman–Crippen LogP) is 4.14. The smallest absolute Gasteiger partial charge is 0.130 e. The molecule has 4 heteroatoms. The maximum absolute atomic E-state index is 5.00. The van der Waals surface area contributed by atoms with Crippen molar-refractivity contribution in [1.82, 2.24) is 9.88 Å². The van der Waals surface area contributed by atoms with Crippen molar-refractivity contribution in [3.05, 3.63) is 66.2 Å². The molecule has 2 aromatic carbocycles. The fourth-order valence-corrected chi connectivity index (χ4v) is 2.68. The van der Waals surface area contributed by atoms with E-state index in [1.54, 1.807) is 0 Å². The Morgan fingerprint density at radius 2 is 1.60 bits per heavy atom. The van der Waals surface area contributed by atoms with Gasteiger partial charge in [0.1, 0.15) is 11.7 Å². The first-order valence-corrected chi connectivity index (χ1v) is 8.40. The van der Waals surface area contributed by atoms with Crippen LogP contribution < -0.4 is 4.90 Å². The molecule has 0 N–H and O–H groups in total. The van der Waals surface area contributed by atoms with E-state index in [0.29, 0.717) is 0 Å². The lowest BCUT2D eigenvalue weighted by Crippen LogP contribution is -2.24. The summed E-state index contributed by atoms with van der Waals surface area (Å²) in [6.07, 6.45) is 0.793. The number of anilines is 1. The van der Waals surface area contributed by atoms with Crippen LogP contribution in [0.1, 0.15) is 5.56 Å². The zero-order valence-corrected chi connectivity index (χ0v) is 15.3. The topological polar surface area (TPSA) is 31.7 Å². The third-order valence-corrected chi connectivity index (χ3v) is 4.11. The summed E-state index contributed by atoms with van der Waals surface area (Å²) < 4.78 is 0. The van der Waals surface area contributed by atoms with Crippen molar-refractivity contribution in [1.29, 1.82) is 0 Å². The zero-order chi connectivity index (χ0) is 17.8. The van der Waals surface area contributed by atoms with Crippen molar-refractivity contribution in [2.45, 2.75) is 6.42 Å². The van der Waals surface area contributed by atoms with E-state index in [4.69, 9.17) is 9.98 Å². The van der Waals surface area contributed by atoms with Gasteiger partial charge in [-0.1, -0.05) is 48.5 Å². The Morgan fingerprint density at radius 1 is 0.920 bits per heavy atom. The Morgan fingerprint density at radius 3 is 2.28 bits per heavy atom. The molecule has 0 unspecified atom stereocenters. The minimum atomic E-state index is 0.793. The van der Waals surface area contributed by atoms with Gasteiger partial charge < -0.3 is 9.80 Å². The molecule has 0 aliphatic rings. The first-order valence-electron chi connectivity index (χ1n) is 8.40. The second kappa shape index (κ2) is 7.34. The predicted molar refractivity (Wildman–Crippen MR) is 107 cm³/mol. The normalized spacial score (nSPS) is 11.6. The Balaban J connectivity index is 2.10. The van der Waals surface area contributed by atoms with Gasteiger partial charge in [0.25, 0.3) is 0 Å². The molecule has 0 aliphatic heterocycles. The van der Waals surface area contributed by atoms with Crippen LogP contribution in [-0.4, -0.2) is 43.9 Å². The van der Waals surface area contributed by atoms with E-state index in [1.807, 2.05) is 57.4 Å². The first-order chi connectivity index (χ1) is 12.0. The van der Waals surface area contributed by atoms with E-state index < -0.39 is 0 Å². The highest BCUT2D eigenvalue weighted by Crippen LogP contribution is 2.29. The van der Waals surface area contributed by atoms with Crippen molar-refractivity contribution in [2.24, 2.45) is 4.99 Å². The molecule has 0 spiro atoms. The van der Waals surface area contributed by atoms with Crippen LogP contribution in [-0.2, 0) is 6.42 Å². The van der Waals surface area contributed by atoms with Crippen LogP contribution in [0.4, 0.5) is 11.5 Å². The molecular weight excluding hydrogens is 308 g/mol. The third kappa shape index (κ3) is 3.97. The minimum Gasteiger partial charge on any atom is -0.366 e. The largest absolute Gasteiger partial charge is 0.366 e. The number of aliphatic imine (C=N–C) groups is 1. The Kier molecular flexibility index (Phi) is 4.98. The molecule has 128 valence electrons. The van der Waals surface area contributed by atoms with Crippen LogP contribution in [0.15, 0.2) is 65.7 Å². The number of fused-ring (bicyclic) bond motifs is 1. The van der Waals surface area contributed by atoms with Gasteiger partial charge in [-0.15, -0.1) is 0 Å². The van der Waals surface area contributed by atoms with Crippen LogP contribution >= 0.6 is 0 Å². The van der Waals surface area contributed by atoms with Gasteiger partial charge in [-0.3, -0.25) is 0 Å². The molecule has 3 aromatic rings. The van der Waals surface area contributed by atoms with Crippen molar-refractivity contribution >= 4 is 28.2 Å². The molecule has 0 saturated heterocycles. The Labute approximate surface area is 149 Å². The highest BCUT2D eigenvalue weighted by Gasteiger charge is 2.10. The quantitative estimate of drug-likeness (QED) is 0.532. The third-order valence-electron chi connectivity index (χ3n) is 4.11. The van der Waals surface area contributed by atoms with Crippen molar-refractivity contribution < 1.29 is 0 Å². The van der Waals surface area contributed by atoms with Crippen LogP contribution in [0.2, 0.25) is 0 Å². The number of likely N-dealkylation sites (N-methyl/N-ethyl adjacent to an activating group) is 1. The average molecular weight is 332 g/mol. The van der Waals surface area contributed by atoms with Crippen LogP contribution in [0.5, 0.6) is 0 Å². The Hall–Kier alpha value is -2.88. The van der Waals surface area contributed by atoms with Gasteiger partial charge in [0.15, 0.2) is 0 Å². The second-order valence-corrected chi connectivity index (χ2v) is 6.50. The standard InChI is InChI=1S/C21H24N4/c1-24(2)20(14-16-10-6-5-7-11-16)23-19-15-21(25(3)4)22-18-13-9-8-12-17(18)19/h5-13,15H,14H2,1-4H3. The van der Waals surface area contributed by atoms with E-state index in [2.05, 4.69) is 41.3 Å². The van der Waals surface area contributed by atoms with Gasteiger partial charge in [0.05, 0.1) is 11.2 Å². The van der Waals surface area contributed by atoms with Crippen LogP contribution in [0.3, 0.4) is 0 Å². The number of nitrogens with zero attached hydrogens (tertiary/aromatic N) is 4. The van der Waals surface area contributed by atoms with Gasteiger partial charge in [0, 0.05) is 46.1 Å². The van der Waals surface area contributed by atoms with E-state index >= 15 is 0 Å². The van der Waals surface area contributed by atoms with Gasteiger partial charge in [-0.05, 0) is 11.6 Å². The van der Waals surface area contributed by atoms with Crippen molar-refractivity contribution in [3.8, 4) is 0 Å². The summed E-state index contributed by atoms with van der Waals surface area (Å²) in [4.78, 5) is 13.8. The molecule has 0 radical (unpaired) electrons. The van der Waals surface area contributed by atoms with Crippen molar-refractivity contribution in [3.63, 3.8) is 0 Å². The monoisotopic (exact) mass is 332 g/mol. The van der Waals surface area contributed by atoms with Gasteiger partial charge >= 0.3 is 0 Å². The molecule has 0 atom stereocenters. The maximum Gasteiger partial charge on any atom is 0.130 e. The SMILES string of the molecule is CN(C)C(Cc1ccccc1)=Nc1cc(N(C)C)nc2ccccc12. The number of aromatic nitrogens is 1. The average Bonchev–Trinajstić information content (AvgIpc) is 2.61. The number of hydrogen-bond donors (Lipinski definition) is 0. The van der Waals surface area contributed by atoms with E-state index in [9.17, 15) is 0 Å². The number of amidine groups is 1. The van der Waals surface area contributed by atoms with Crippen molar-refractivity contribution in [2.75, 3.05) is 33.1 Å². The molecular formula is C21H24N4. The van der Waals surface area contributed by atoms with Gasteiger partial charge in [0.2, 0.25) is 0 Å². The summed E-state index contributed by atoms with van der Waals surface area (Å²) in [5, 5.41) is 1.07. The second-order valence-electron chi connectivity index (χ2n) is 6.50. The van der Waals surface area contributed by atoms with E-state index in [0.717, 1.165) is 34.7 Å². The molecule has 1 aromatic heterocycles. The lowest BCUT2D eigenvalue weighted by molar-refractivity contribution is 0.610. The van der Waals surface area contributed by atoms with Gasteiger partial charge in [-0.2, -0.15) is 0 Å². The lowest BCUT2D eigenvalue weighted by Gasteiger charge is -2.18. The molecule has 3 rings (SSSR count). The zero-order valence-electron chi connectivity index (χ0n) is 15.3. The molecule has 25 heavy (non-hydrogen) atoms. The number of benzene rings is 2. The summed E-state index contributed by atoms with van der Waals surface area (Å²) in [7, 11) is 8.08. The summed E-state index contributed by atoms with van der Waals surface area (Å²) in [5.41, 5.74) is 3.17. The summed E-state index contributed by atoms with van der Waals surface area (Å²) in [5.74, 6) is 1.93. The summed E-state index contributed by atoms with van der Waals surface area (Å²) >= 11 is 0. The summed E-state index contributed by atoms with van der Waals surface area (Å²) in [6, 6.07) is 20.6. The fraction of sp³-hybridized carbons (Fsp3) is 0.238. The van der Waals surface area contributed by atoms with E-state index in [1.165, 1.54) is 5.56 Å². The lowest BCUT2D eigenvalue weighted by atomic mass is 10.1. The highest BCUT2D eigenvalue weighted by atomic mass is 15.2. The highest BCUT2D eigenvalue weighted by molar-refractivity contribution is 5.96. The maximum atomic E-state index is 5.00. The fourth-order valence-electron chi connectivity index (χ4n) is 2.68. The molecule has 0 amide bonds. The van der Waals surface area contributed by atoms with Crippen LogP contribution in [0, 0.1) is 0 Å². The molecule has 0 bridgehead atoms. The van der Waals surface area contributed by atoms with E-state index in [-0.39, 0.29) is 0 Å². The number of para-hydroxylation sites is 1. The molecule has 0 saturated carbocycles. The minimum absolute atomic E-state index is 0.793. The Bertz CT molecular complexity index is 883. The molecule has 0 aliphatic carbocycles. The molecule has 4 nitrogen and oxygen atoms in total. The molecule has 0 fully saturated rings. The summed E-state index contributed by atoms with van der Waals surface area (Å²) in [6.45, 7) is 0. The number of pyridine rings is 1. The first kappa shape index (κ1) is 17.0. The number of hydrogen-bond acceptors (Lipinski definition) is 3. The number of rotatable bonds is 4. The molecule has 1 heterocycles. The van der Waals surface area contributed by atoms with Gasteiger partial charge in [-0.25, -0.2) is 9.98 Å². The van der Waals surface area contributed by atoms with Crippen LogP contribution in [0.25, 0.3) is 10.9 Å².